The molecular formula is C61H55N4OPt-3. The molecule has 1 aliphatic heterocycles. The normalized spacial score (nSPS) is 13.2. The first-order valence-corrected chi connectivity index (χ1v) is 22.9. The standard InChI is InChI=1S/C61H55N4O.Pt/c1-59(2,3)47-30-31-62-58(37-47)65-55-27-19-18-26-53(55)54-29-28-51(39-56(54)65)66-52-35-45(43-22-14-10-15-23-43)33-49(38-52)63-40-57(61(7,8)46-24-16-11-17-25-46)64(41-63)50-34-44(42-20-12-9-13-21-42)32-48(36-50)60(4,5)6;/h9-37,40-41H,1-8H3;/q-3;. The Morgan fingerprint density at radius 3 is 1.82 bits per heavy atom. The van der Waals surface area contributed by atoms with E-state index < -0.39 is 0 Å². The molecule has 0 amide bonds. The summed E-state index contributed by atoms with van der Waals surface area (Å²) in [5.41, 5.74) is 12.7. The van der Waals surface area contributed by atoms with Gasteiger partial charge in [0.2, 0.25) is 0 Å². The Labute approximate surface area is 410 Å². The quantitative estimate of drug-likeness (QED) is 0.135. The zero-order chi connectivity index (χ0) is 45.8. The Morgan fingerprint density at radius 1 is 0.522 bits per heavy atom. The van der Waals surface area contributed by atoms with Gasteiger partial charge in [-0.25, -0.2) is 4.98 Å². The zero-order valence-corrected chi connectivity index (χ0v) is 41.7. The van der Waals surface area contributed by atoms with Gasteiger partial charge in [-0.15, -0.1) is 53.6 Å². The Bertz CT molecular complexity index is 3250. The van der Waals surface area contributed by atoms with E-state index in [9.17, 15) is 0 Å². The van der Waals surface area contributed by atoms with E-state index in [0.29, 0.717) is 11.5 Å². The molecule has 0 bridgehead atoms. The predicted molar refractivity (Wildman–Crippen MR) is 274 cm³/mol. The monoisotopic (exact) mass is 1050 g/mol. The van der Waals surface area contributed by atoms with Crippen molar-refractivity contribution in [2.45, 2.75) is 71.6 Å². The Kier molecular flexibility index (Phi) is 12.1. The van der Waals surface area contributed by atoms with Crippen LogP contribution in [-0.2, 0) is 37.3 Å². The average Bonchev–Trinajstić information content (AvgIpc) is 3.93. The van der Waals surface area contributed by atoms with Gasteiger partial charge in [-0.2, -0.15) is 6.07 Å². The fourth-order valence-electron chi connectivity index (χ4n) is 9.01. The van der Waals surface area contributed by atoms with Gasteiger partial charge in [0.15, 0.2) is 0 Å². The SMILES string of the molecule is CC(C)(C)c1cc(-c2ccccc2)cc(N2[CH-]N(c3[c-]c(Oc4[c-]c5c(cc4)c4ccccc4n5-c4cc(C(C)(C)C)ccn4)cc(-c4ccccc4)c3)C=C2C(C)(C)c2ccccc2)c1.[Pt]. The molecule has 0 N–H and O–H groups in total. The number of nitrogens with zero attached hydrogens (tertiary/aromatic N) is 4. The van der Waals surface area contributed by atoms with E-state index in [2.05, 4.69) is 259 Å². The van der Waals surface area contributed by atoms with Crippen LogP contribution < -0.4 is 14.5 Å². The van der Waals surface area contributed by atoms with Crippen LogP contribution in [0.5, 0.6) is 11.5 Å². The summed E-state index contributed by atoms with van der Waals surface area (Å²) in [6.07, 6.45) is 4.17. The summed E-state index contributed by atoms with van der Waals surface area (Å²) in [5, 5.41) is 2.22. The zero-order valence-electron chi connectivity index (χ0n) is 39.4. The summed E-state index contributed by atoms with van der Waals surface area (Å²) >= 11 is 0. The van der Waals surface area contributed by atoms with Crippen molar-refractivity contribution in [2.24, 2.45) is 0 Å². The third-order valence-electron chi connectivity index (χ3n) is 12.9. The summed E-state index contributed by atoms with van der Waals surface area (Å²) in [4.78, 5) is 9.46. The fraction of sp³-hybridized carbons (Fsp3) is 0.180. The molecule has 0 atom stereocenters. The Balaban J connectivity index is 0.00000562. The van der Waals surface area contributed by atoms with Crippen LogP contribution in [0.25, 0.3) is 49.9 Å². The van der Waals surface area contributed by atoms with Crippen LogP contribution in [0.4, 0.5) is 11.4 Å². The first-order chi connectivity index (χ1) is 31.7. The number of para-hydroxylation sites is 1. The number of pyridine rings is 1. The number of rotatable bonds is 9. The number of aromatic nitrogens is 2. The van der Waals surface area contributed by atoms with E-state index in [1.54, 1.807) is 0 Å². The van der Waals surface area contributed by atoms with E-state index in [1.807, 2.05) is 12.3 Å². The van der Waals surface area contributed by atoms with Gasteiger partial charge in [0, 0.05) is 61.1 Å². The van der Waals surface area contributed by atoms with E-state index in [1.165, 1.54) is 27.8 Å². The molecule has 7 aromatic carbocycles. The third-order valence-corrected chi connectivity index (χ3v) is 12.9. The second kappa shape index (κ2) is 17.8. The van der Waals surface area contributed by atoms with Crippen LogP contribution in [0.2, 0.25) is 0 Å². The van der Waals surface area contributed by atoms with Gasteiger partial charge in [0.25, 0.3) is 0 Å². The van der Waals surface area contributed by atoms with E-state index in [0.717, 1.165) is 55.8 Å². The van der Waals surface area contributed by atoms with Gasteiger partial charge in [0.1, 0.15) is 5.82 Å². The minimum atomic E-state index is -0.377. The van der Waals surface area contributed by atoms with Crippen molar-refractivity contribution in [1.29, 1.82) is 0 Å². The fourth-order valence-corrected chi connectivity index (χ4v) is 9.01. The smallest absolute Gasteiger partial charge is 0.135 e. The number of fused-ring (bicyclic) bond motifs is 3. The van der Waals surface area contributed by atoms with Crippen molar-refractivity contribution < 1.29 is 25.8 Å². The molecule has 0 saturated heterocycles. The third kappa shape index (κ3) is 8.98. The molecule has 338 valence electrons. The van der Waals surface area contributed by atoms with Crippen molar-refractivity contribution >= 4 is 33.2 Å². The Hall–Kier alpha value is -6.68. The van der Waals surface area contributed by atoms with Gasteiger partial charge in [0.05, 0.1) is 0 Å². The molecule has 67 heavy (non-hydrogen) atoms. The molecule has 3 heterocycles. The average molecular weight is 1060 g/mol. The van der Waals surface area contributed by atoms with Gasteiger partial charge in [-0.1, -0.05) is 176 Å². The minimum absolute atomic E-state index is 0. The number of benzene rings is 7. The van der Waals surface area contributed by atoms with Gasteiger partial charge in [-0.3, -0.25) is 0 Å². The topological polar surface area (TPSA) is 33.5 Å². The molecule has 0 spiro atoms. The van der Waals surface area contributed by atoms with E-state index in [-0.39, 0.29) is 37.3 Å². The van der Waals surface area contributed by atoms with Crippen LogP contribution in [0, 0.1) is 18.8 Å². The summed E-state index contributed by atoms with van der Waals surface area (Å²) in [7, 11) is 0. The molecule has 9 aromatic rings. The van der Waals surface area contributed by atoms with Crippen LogP contribution in [-0.4, -0.2) is 9.55 Å². The maximum Gasteiger partial charge on any atom is 0.135 e. The van der Waals surface area contributed by atoms with Crippen molar-refractivity contribution in [2.75, 3.05) is 9.80 Å². The molecule has 0 saturated carbocycles. The molecule has 10 rings (SSSR count). The van der Waals surface area contributed by atoms with Crippen molar-refractivity contribution in [3.8, 4) is 39.6 Å². The molecule has 0 aliphatic carbocycles. The maximum absolute atomic E-state index is 6.89. The molecular weight excluding hydrogens is 1000 g/mol. The van der Waals surface area contributed by atoms with Crippen molar-refractivity contribution in [3.63, 3.8) is 0 Å². The summed E-state index contributed by atoms with van der Waals surface area (Å²) in [6.45, 7) is 20.4. The largest absolute Gasteiger partial charge is 0.509 e. The van der Waals surface area contributed by atoms with Crippen molar-refractivity contribution in [3.05, 3.63) is 223 Å². The molecule has 0 unspecified atom stereocenters. The maximum atomic E-state index is 6.89. The number of anilines is 2. The Morgan fingerprint density at radius 2 is 1.15 bits per heavy atom. The number of allylic oxidation sites excluding steroid dienone is 1. The van der Waals surface area contributed by atoms with E-state index in [4.69, 9.17) is 9.72 Å². The first-order valence-electron chi connectivity index (χ1n) is 22.9. The summed E-state index contributed by atoms with van der Waals surface area (Å²) in [6, 6.07) is 67.5. The van der Waals surface area contributed by atoms with Gasteiger partial charge < -0.3 is 19.1 Å². The van der Waals surface area contributed by atoms with Gasteiger partial charge in [-0.05, 0) is 86.1 Å². The molecule has 1 aliphatic rings. The molecule has 2 aromatic heterocycles. The summed E-state index contributed by atoms with van der Waals surface area (Å²) in [5.74, 6) is 2.02. The van der Waals surface area contributed by atoms with E-state index >= 15 is 0 Å². The molecule has 5 nitrogen and oxygen atoms in total. The predicted octanol–water partition coefficient (Wildman–Crippen LogP) is 15.8. The second-order valence-electron chi connectivity index (χ2n) is 20.0. The van der Waals surface area contributed by atoms with Crippen LogP contribution >= 0.6 is 0 Å². The summed E-state index contributed by atoms with van der Waals surface area (Å²) < 4.78 is 9.09. The first kappa shape index (κ1) is 45.5. The number of hydrogen-bond donors (Lipinski definition) is 0. The second-order valence-corrected chi connectivity index (χ2v) is 20.0. The van der Waals surface area contributed by atoms with Gasteiger partial charge >= 0.3 is 0 Å². The molecule has 0 radical (unpaired) electrons. The van der Waals surface area contributed by atoms with Crippen LogP contribution in [0.3, 0.4) is 0 Å². The number of ether oxygens (including phenoxy) is 1. The molecule has 6 heteroatoms. The van der Waals surface area contributed by atoms with Crippen molar-refractivity contribution in [1.82, 2.24) is 9.55 Å². The molecule has 0 fully saturated rings. The van der Waals surface area contributed by atoms with Crippen LogP contribution in [0.1, 0.15) is 72.1 Å². The van der Waals surface area contributed by atoms with Crippen LogP contribution in [0.15, 0.2) is 188 Å². The minimum Gasteiger partial charge on any atom is -0.509 e. The number of hydrogen-bond acceptors (Lipinski definition) is 4.